The first-order valence-corrected chi connectivity index (χ1v) is 3.65. The molecule has 0 aromatic rings. The Morgan fingerprint density at radius 3 is 1.33 bits per heavy atom. The summed E-state index contributed by atoms with van der Waals surface area (Å²) in [7, 11) is 0. The lowest BCUT2D eigenvalue weighted by Gasteiger charge is -1.91. The highest BCUT2D eigenvalue weighted by molar-refractivity contribution is 4.82. The molecule has 0 spiro atoms. The molecule has 0 amide bonds. The summed E-state index contributed by atoms with van der Waals surface area (Å²) >= 11 is 0. The Balaban J connectivity index is 3.23. The van der Waals surface area contributed by atoms with E-state index in [1.54, 1.807) is 0 Å². The van der Waals surface area contributed by atoms with Gasteiger partial charge in [0, 0.05) is 0 Å². The maximum absolute atomic E-state index is 11.4. The van der Waals surface area contributed by atoms with E-state index in [1.165, 1.54) is 0 Å². The maximum atomic E-state index is 11.4. The number of unbranched alkanes of at least 4 members (excludes halogenated alkanes) is 3. The van der Waals surface area contributed by atoms with Gasteiger partial charge in [-0.3, -0.25) is 0 Å². The third-order valence-corrected chi connectivity index (χ3v) is 1.26. The highest BCUT2D eigenvalue weighted by Gasteiger charge is 1.90. The minimum atomic E-state index is -1.71. The molecule has 0 unspecified atom stereocenters. The standard InChI is InChI=1S/C8H10F4/c9-7(10)5-3-1-2-4-6-8(11)12/h5-6H,1-4H2. The van der Waals surface area contributed by atoms with Gasteiger partial charge in [-0.05, 0) is 37.8 Å². The fourth-order valence-electron chi connectivity index (χ4n) is 0.711. The lowest BCUT2D eigenvalue weighted by Crippen LogP contribution is -1.73. The van der Waals surface area contributed by atoms with Crippen LogP contribution >= 0.6 is 0 Å². The maximum Gasteiger partial charge on any atom is 0.266 e. The summed E-state index contributed by atoms with van der Waals surface area (Å²) in [6.45, 7) is 0. The molecule has 0 N–H and O–H groups in total. The van der Waals surface area contributed by atoms with Gasteiger partial charge < -0.3 is 0 Å². The van der Waals surface area contributed by atoms with Crippen LogP contribution in [0.25, 0.3) is 0 Å². The Hall–Kier alpha value is -0.800. The molecule has 0 bridgehead atoms. The van der Waals surface area contributed by atoms with Crippen LogP contribution in [0.15, 0.2) is 24.3 Å². The Bertz CT molecular complexity index is 144. The second kappa shape index (κ2) is 6.88. The quantitative estimate of drug-likeness (QED) is 0.443. The third-order valence-electron chi connectivity index (χ3n) is 1.26. The third kappa shape index (κ3) is 9.20. The van der Waals surface area contributed by atoms with Gasteiger partial charge in [-0.1, -0.05) is 0 Å². The van der Waals surface area contributed by atoms with E-state index >= 15 is 0 Å². The fraction of sp³-hybridized carbons (Fsp3) is 0.500. The summed E-state index contributed by atoms with van der Waals surface area (Å²) in [5.41, 5.74) is 0. The van der Waals surface area contributed by atoms with Gasteiger partial charge in [-0.25, -0.2) is 0 Å². The minimum absolute atomic E-state index is 0.254. The number of halogens is 4. The summed E-state index contributed by atoms with van der Waals surface area (Å²) in [6.07, 6.45) is -0.272. The summed E-state index contributed by atoms with van der Waals surface area (Å²) in [5, 5.41) is 0. The van der Waals surface area contributed by atoms with Crippen LogP contribution in [0.2, 0.25) is 0 Å². The Labute approximate surface area is 68.6 Å². The minimum Gasteiger partial charge on any atom is -0.174 e. The largest absolute Gasteiger partial charge is 0.266 e. The number of hydrogen-bond donors (Lipinski definition) is 0. The monoisotopic (exact) mass is 182 g/mol. The Kier molecular flexibility index (Phi) is 6.42. The molecular weight excluding hydrogens is 172 g/mol. The molecule has 12 heavy (non-hydrogen) atoms. The van der Waals surface area contributed by atoms with Gasteiger partial charge in [-0.2, -0.15) is 17.6 Å². The van der Waals surface area contributed by atoms with Gasteiger partial charge in [0.2, 0.25) is 0 Å². The first-order chi connectivity index (χ1) is 5.63. The zero-order chi connectivity index (χ0) is 9.40. The van der Waals surface area contributed by atoms with Crippen molar-refractivity contribution in [3.63, 3.8) is 0 Å². The fourth-order valence-corrected chi connectivity index (χ4v) is 0.711. The Morgan fingerprint density at radius 2 is 1.08 bits per heavy atom. The van der Waals surface area contributed by atoms with Crippen LogP contribution in [0.1, 0.15) is 25.7 Å². The van der Waals surface area contributed by atoms with Crippen LogP contribution in [0, 0.1) is 0 Å². The van der Waals surface area contributed by atoms with E-state index in [4.69, 9.17) is 0 Å². The summed E-state index contributed by atoms with van der Waals surface area (Å²) < 4.78 is 45.6. The van der Waals surface area contributed by atoms with Crippen molar-refractivity contribution >= 4 is 0 Å². The van der Waals surface area contributed by atoms with Gasteiger partial charge >= 0.3 is 0 Å². The Morgan fingerprint density at radius 1 is 0.750 bits per heavy atom. The van der Waals surface area contributed by atoms with Crippen molar-refractivity contribution in [3.05, 3.63) is 24.3 Å². The van der Waals surface area contributed by atoms with Gasteiger partial charge in [0.25, 0.3) is 12.2 Å². The smallest absolute Gasteiger partial charge is 0.174 e. The summed E-state index contributed by atoms with van der Waals surface area (Å²) in [6, 6.07) is 0. The lowest BCUT2D eigenvalue weighted by molar-refractivity contribution is 0.413. The number of rotatable bonds is 5. The molecule has 0 fully saturated rings. The van der Waals surface area contributed by atoms with Crippen molar-refractivity contribution in [2.45, 2.75) is 25.7 Å². The van der Waals surface area contributed by atoms with Crippen LogP contribution in [-0.2, 0) is 0 Å². The molecule has 0 saturated heterocycles. The topological polar surface area (TPSA) is 0 Å². The van der Waals surface area contributed by atoms with Gasteiger partial charge in [0.15, 0.2) is 0 Å². The van der Waals surface area contributed by atoms with Crippen LogP contribution in [-0.4, -0.2) is 0 Å². The molecule has 0 aliphatic heterocycles. The molecule has 4 heteroatoms. The highest BCUT2D eigenvalue weighted by Crippen LogP contribution is 2.07. The van der Waals surface area contributed by atoms with Crippen molar-refractivity contribution in [2.24, 2.45) is 0 Å². The van der Waals surface area contributed by atoms with E-state index in [0.717, 1.165) is 12.2 Å². The number of allylic oxidation sites excluding steroid dienone is 2. The van der Waals surface area contributed by atoms with Crippen LogP contribution in [0.4, 0.5) is 17.6 Å². The average molecular weight is 182 g/mol. The molecule has 0 nitrogen and oxygen atoms in total. The molecule has 0 rings (SSSR count). The summed E-state index contributed by atoms with van der Waals surface area (Å²) in [5.74, 6) is 0. The molecule has 0 saturated carbocycles. The first-order valence-electron chi connectivity index (χ1n) is 3.65. The van der Waals surface area contributed by atoms with Crippen molar-refractivity contribution in [1.82, 2.24) is 0 Å². The van der Waals surface area contributed by atoms with Crippen molar-refractivity contribution in [2.75, 3.05) is 0 Å². The molecule has 0 atom stereocenters. The van der Waals surface area contributed by atoms with E-state index in [1.807, 2.05) is 0 Å². The molecule has 0 aromatic heterocycles. The van der Waals surface area contributed by atoms with E-state index in [9.17, 15) is 17.6 Å². The van der Waals surface area contributed by atoms with E-state index < -0.39 is 12.2 Å². The predicted molar refractivity (Wildman–Crippen MR) is 39.1 cm³/mol. The van der Waals surface area contributed by atoms with Crippen molar-refractivity contribution < 1.29 is 17.6 Å². The van der Waals surface area contributed by atoms with Crippen molar-refractivity contribution in [3.8, 4) is 0 Å². The van der Waals surface area contributed by atoms with Gasteiger partial charge in [-0.15, -0.1) is 0 Å². The lowest BCUT2D eigenvalue weighted by atomic mass is 10.2. The molecule has 70 valence electrons. The van der Waals surface area contributed by atoms with E-state index in [-0.39, 0.29) is 12.8 Å². The molecular formula is C8H10F4. The molecule has 0 aliphatic rings. The molecule has 0 heterocycles. The van der Waals surface area contributed by atoms with Gasteiger partial charge in [0.1, 0.15) is 0 Å². The number of hydrogen-bond acceptors (Lipinski definition) is 0. The van der Waals surface area contributed by atoms with Crippen molar-refractivity contribution in [1.29, 1.82) is 0 Å². The van der Waals surface area contributed by atoms with Gasteiger partial charge in [0.05, 0.1) is 0 Å². The highest BCUT2D eigenvalue weighted by atomic mass is 19.3. The zero-order valence-corrected chi connectivity index (χ0v) is 6.49. The average Bonchev–Trinajstić information content (AvgIpc) is 1.95. The summed E-state index contributed by atoms with van der Waals surface area (Å²) in [4.78, 5) is 0. The molecule has 0 aliphatic carbocycles. The van der Waals surface area contributed by atoms with Crippen LogP contribution < -0.4 is 0 Å². The van der Waals surface area contributed by atoms with E-state index in [2.05, 4.69) is 0 Å². The SMILES string of the molecule is FC(F)=CCCCCC=C(F)F. The predicted octanol–water partition coefficient (Wildman–Crippen LogP) is 4.11. The second-order valence-electron chi connectivity index (χ2n) is 2.27. The van der Waals surface area contributed by atoms with E-state index in [0.29, 0.717) is 12.8 Å². The molecule has 0 radical (unpaired) electrons. The zero-order valence-electron chi connectivity index (χ0n) is 6.49. The second-order valence-corrected chi connectivity index (χ2v) is 2.27. The first kappa shape index (κ1) is 11.2. The van der Waals surface area contributed by atoms with Crippen LogP contribution in [0.5, 0.6) is 0 Å². The van der Waals surface area contributed by atoms with Crippen LogP contribution in [0.3, 0.4) is 0 Å². The molecule has 0 aromatic carbocycles. The normalized spacial score (nSPS) is 9.33.